The van der Waals surface area contributed by atoms with E-state index in [1.54, 1.807) is 30.6 Å². The minimum absolute atomic E-state index is 0.0149. The molecule has 0 aliphatic rings. The molecule has 1 aromatic carbocycles. The topological polar surface area (TPSA) is 79.8 Å². The fourth-order valence-electron chi connectivity index (χ4n) is 2.18. The molecule has 2 heterocycles. The van der Waals surface area contributed by atoms with Crippen LogP contribution in [0.1, 0.15) is 5.56 Å². The van der Waals surface area contributed by atoms with Gasteiger partial charge in [0, 0.05) is 29.8 Å². The van der Waals surface area contributed by atoms with Gasteiger partial charge in [-0.25, -0.2) is 14.8 Å². The molecule has 3 rings (SSSR count). The smallest absolute Gasteiger partial charge is 0.308 e. The fourth-order valence-corrected chi connectivity index (χ4v) is 2.40. The highest BCUT2D eigenvalue weighted by Gasteiger charge is 2.33. The Morgan fingerprint density at radius 1 is 1.07 bits per heavy atom. The lowest BCUT2D eigenvalue weighted by Gasteiger charge is -2.12. The maximum absolute atomic E-state index is 12.9. The molecule has 0 spiro atoms. The van der Waals surface area contributed by atoms with Crippen molar-refractivity contribution in [1.82, 2.24) is 15.0 Å². The Hall–Kier alpha value is -3.20. The average Bonchev–Trinajstić information content (AvgIpc) is 2.63. The van der Waals surface area contributed by atoms with Gasteiger partial charge in [-0.2, -0.15) is 13.2 Å². The van der Waals surface area contributed by atoms with E-state index in [2.05, 4.69) is 25.6 Å². The van der Waals surface area contributed by atoms with Crippen molar-refractivity contribution < 1.29 is 18.0 Å². The van der Waals surface area contributed by atoms with Gasteiger partial charge in [0.05, 0.1) is 16.3 Å². The summed E-state index contributed by atoms with van der Waals surface area (Å²) < 4.78 is 38.6. The Kier molecular flexibility index (Phi) is 5.22. The number of benzene rings is 1. The molecular formula is C17H11ClF3N5O. The van der Waals surface area contributed by atoms with Gasteiger partial charge < -0.3 is 5.32 Å². The predicted molar refractivity (Wildman–Crippen MR) is 94.4 cm³/mol. The zero-order valence-corrected chi connectivity index (χ0v) is 14.2. The van der Waals surface area contributed by atoms with Crippen LogP contribution in [0.5, 0.6) is 0 Å². The average molecular weight is 394 g/mol. The van der Waals surface area contributed by atoms with Crippen LogP contribution in [0.3, 0.4) is 0 Å². The van der Waals surface area contributed by atoms with Gasteiger partial charge in [0.2, 0.25) is 5.95 Å². The van der Waals surface area contributed by atoms with Crippen molar-refractivity contribution in [1.29, 1.82) is 0 Å². The molecule has 27 heavy (non-hydrogen) atoms. The Morgan fingerprint density at radius 3 is 2.59 bits per heavy atom. The van der Waals surface area contributed by atoms with E-state index in [0.717, 1.165) is 17.7 Å². The van der Waals surface area contributed by atoms with Crippen LogP contribution in [0.25, 0.3) is 11.3 Å². The first-order valence-corrected chi connectivity index (χ1v) is 7.89. The highest BCUT2D eigenvalue weighted by molar-refractivity contribution is 6.31. The maximum atomic E-state index is 12.9. The SMILES string of the molecule is O=C(Nc1ccc(Cl)c(C(F)(F)F)c1)Nc1nccc(-c2cccnc2)n1. The monoisotopic (exact) mass is 393 g/mol. The summed E-state index contributed by atoms with van der Waals surface area (Å²) in [6.45, 7) is 0. The van der Waals surface area contributed by atoms with E-state index in [1.807, 2.05) is 0 Å². The number of alkyl halides is 3. The maximum Gasteiger partial charge on any atom is 0.417 e. The summed E-state index contributed by atoms with van der Waals surface area (Å²) in [5.74, 6) is -0.0149. The lowest BCUT2D eigenvalue weighted by molar-refractivity contribution is -0.137. The van der Waals surface area contributed by atoms with E-state index >= 15 is 0 Å². The van der Waals surface area contributed by atoms with Crippen molar-refractivity contribution in [3.8, 4) is 11.3 Å². The summed E-state index contributed by atoms with van der Waals surface area (Å²) >= 11 is 5.55. The molecule has 138 valence electrons. The van der Waals surface area contributed by atoms with Gasteiger partial charge in [-0.15, -0.1) is 0 Å². The van der Waals surface area contributed by atoms with Gasteiger partial charge in [0.25, 0.3) is 0 Å². The molecule has 3 aromatic rings. The van der Waals surface area contributed by atoms with E-state index in [1.165, 1.54) is 12.3 Å². The second-order valence-electron chi connectivity index (χ2n) is 5.28. The quantitative estimate of drug-likeness (QED) is 0.666. The van der Waals surface area contributed by atoms with Crippen LogP contribution in [-0.4, -0.2) is 21.0 Å². The van der Waals surface area contributed by atoms with Gasteiger partial charge in [0.15, 0.2) is 0 Å². The first-order valence-electron chi connectivity index (χ1n) is 7.51. The number of nitrogens with zero attached hydrogens (tertiary/aromatic N) is 3. The van der Waals surface area contributed by atoms with Crippen LogP contribution >= 0.6 is 11.6 Å². The van der Waals surface area contributed by atoms with Gasteiger partial charge >= 0.3 is 12.2 Å². The molecule has 0 saturated carbocycles. The Bertz CT molecular complexity index is 966. The highest BCUT2D eigenvalue weighted by atomic mass is 35.5. The molecule has 2 amide bonds. The van der Waals surface area contributed by atoms with Crippen molar-refractivity contribution in [2.75, 3.05) is 10.6 Å². The van der Waals surface area contributed by atoms with Crippen LogP contribution < -0.4 is 10.6 Å². The highest BCUT2D eigenvalue weighted by Crippen LogP contribution is 2.36. The largest absolute Gasteiger partial charge is 0.417 e. The molecular weight excluding hydrogens is 383 g/mol. The number of carbonyl (C=O) groups excluding carboxylic acids is 1. The van der Waals surface area contributed by atoms with Gasteiger partial charge in [-0.05, 0) is 36.4 Å². The van der Waals surface area contributed by atoms with E-state index in [0.29, 0.717) is 5.69 Å². The number of nitrogens with one attached hydrogen (secondary N) is 2. The number of urea groups is 1. The molecule has 0 atom stereocenters. The van der Waals surface area contributed by atoms with Crippen molar-refractivity contribution in [2.24, 2.45) is 0 Å². The summed E-state index contributed by atoms with van der Waals surface area (Å²) in [6, 6.07) is 7.41. The van der Waals surface area contributed by atoms with Crippen LogP contribution in [0.15, 0.2) is 55.0 Å². The zero-order chi connectivity index (χ0) is 19.4. The number of anilines is 2. The molecule has 0 bridgehead atoms. The van der Waals surface area contributed by atoms with Crippen LogP contribution in [0.2, 0.25) is 5.02 Å². The van der Waals surface area contributed by atoms with Crippen molar-refractivity contribution >= 4 is 29.3 Å². The number of amides is 2. The summed E-state index contributed by atoms with van der Waals surface area (Å²) in [5, 5.41) is 4.20. The van der Waals surface area contributed by atoms with Crippen molar-refractivity contribution in [3.05, 3.63) is 65.6 Å². The Labute approximate surface area is 156 Å². The van der Waals surface area contributed by atoms with Crippen molar-refractivity contribution in [3.63, 3.8) is 0 Å². The molecule has 6 nitrogen and oxygen atoms in total. The minimum Gasteiger partial charge on any atom is -0.308 e. The Balaban J connectivity index is 1.74. The third-order valence-electron chi connectivity index (χ3n) is 3.37. The molecule has 0 aliphatic carbocycles. The molecule has 0 fully saturated rings. The Morgan fingerprint density at radius 2 is 1.89 bits per heavy atom. The summed E-state index contributed by atoms with van der Waals surface area (Å²) in [4.78, 5) is 24.1. The van der Waals surface area contributed by atoms with E-state index in [4.69, 9.17) is 11.6 Å². The summed E-state index contributed by atoms with van der Waals surface area (Å²) in [6.07, 6.45) is 0.0125. The summed E-state index contributed by atoms with van der Waals surface area (Å²) in [5.41, 5.74) is 0.125. The van der Waals surface area contributed by atoms with Crippen LogP contribution in [0, 0.1) is 0 Å². The van der Waals surface area contributed by atoms with Crippen LogP contribution in [0.4, 0.5) is 29.6 Å². The molecule has 0 unspecified atom stereocenters. The van der Waals surface area contributed by atoms with Crippen molar-refractivity contribution in [2.45, 2.75) is 6.18 Å². The predicted octanol–water partition coefficient (Wildman–Crippen LogP) is 4.85. The van der Waals surface area contributed by atoms with Gasteiger partial charge in [-0.3, -0.25) is 10.3 Å². The number of hydrogen-bond acceptors (Lipinski definition) is 4. The number of aromatic nitrogens is 3. The van der Waals surface area contributed by atoms with E-state index < -0.39 is 22.8 Å². The molecule has 0 saturated heterocycles. The standard InChI is InChI=1S/C17H11ClF3N5O/c18-13-4-3-11(8-12(13)17(19,20)21)24-16(27)26-15-23-7-5-14(25-15)10-2-1-6-22-9-10/h1-9H,(H2,23,24,25,26,27). The molecule has 2 N–H and O–H groups in total. The second-order valence-corrected chi connectivity index (χ2v) is 5.69. The lowest BCUT2D eigenvalue weighted by Crippen LogP contribution is -2.21. The molecule has 10 heteroatoms. The third kappa shape index (κ3) is 4.70. The minimum atomic E-state index is -4.63. The normalized spacial score (nSPS) is 11.1. The van der Waals surface area contributed by atoms with Crippen LogP contribution in [-0.2, 0) is 6.18 Å². The first-order chi connectivity index (χ1) is 12.8. The zero-order valence-electron chi connectivity index (χ0n) is 13.5. The third-order valence-corrected chi connectivity index (χ3v) is 3.70. The summed E-state index contributed by atoms with van der Waals surface area (Å²) in [7, 11) is 0. The first kappa shape index (κ1) is 18.6. The number of carbonyl (C=O) groups is 1. The lowest BCUT2D eigenvalue weighted by atomic mass is 10.2. The number of hydrogen-bond donors (Lipinski definition) is 2. The molecule has 0 radical (unpaired) electrons. The van der Waals surface area contributed by atoms with Gasteiger partial charge in [0.1, 0.15) is 0 Å². The number of halogens is 4. The molecule has 2 aromatic heterocycles. The van der Waals surface area contributed by atoms with Gasteiger partial charge in [-0.1, -0.05) is 11.6 Å². The van der Waals surface area contributed by atoms with E-state index in [9.17, 15) is 18.0 Å². The number of rotatable bonds is 3. The number of pyridine rings is 1. The second kappa shape index (κ2) is 7.58. The van der Waals surface area contributed by atoms with E-state index in [-0.39, 0.29) is 11.6 Å². The molecule has 0 aliphatic heterocycles. The fraction of sp³-hybridized carbons (Fsp3) is 0.0588.